The van der Waals surface area contributed by atoms with E-state index in [-0.39, 0.29) is 5.91 Å². The Morgan fingerprint density at radius 1 is 1.08 bits per heavy atom. The third-order valence-electron chi connectivity index (χ3n) is 5.50. The van der Waals surface area contributed by atoms with Gasteiger partial charge in [-0.05, 0) is 43.2 Å². The van der Waals surface area contributed by atoms with Crippen molar-refractivity contribution in [2.75, 3.05) is 33.3 Å². The molecule has 2 aliphatic heterocycles. The van der Waals surface area contributed by atoms with Crippen LogP contribution < -0.4 is 4.74 Å². The van der Waals surface area contributed by atoms with Gasteiger partial charge in [-0.1, -0.05) is 26.0 Å². The number of hydrogen-bond donors (Lipinski definition) is 0. The van der Waals surface area contributed by atoms with Gasteiger partial charge in [-0.25, -0.2) is 0 Å². The first-order chi connectivity index (χ1) is 11.6. The maximum Gasteiger partial charge on any atom is 0.257 e. The Bertz CT molecular complexity index is 557. The first-order valence-electron chi connectivity index (χ1n) is 9.24. The van der Waals surface area contributed by atoms with Crippen LogP contribution in [0.5, 0.6) is 5.75 Å². The zero-order valence-corrected chi connectivity index (χ0v) is 15.2. The molecule has 3 rings (SSSR count). The lowest BCUT2D eigenvalue weighted by Crippen LogP contribution is -2.50. The van der Waals surface area contributed by atoms with Gasteiger partial charge in [-0.2, -0.15) is 0 Å². The molecule has 132 valence electrons. The fraction of sp³-hybridized carbons (Fsp3) is 0.650. The molecule has 0 aromatic heterocycles. The molecule has 0 N–H and O–H groups in total. The van der Waals surface area contributed by atoms with Gasteiger partial charge in [0.1, 0.15) is 5.75 Å². The average molecular weight is 330 g/mol. The Morgan fingerprint density at radius 2 is 1.71 bits per heavy atom. The molecule has 0 radical (unpaired) electrons. The van der Waals surface area contributed by atoms with E-state index in [2.05, 4.69) is 18.7 Å². The lowest BCUT2D eigenvalue weighted by molar-refractivity contribution is 0.0449. The highest BCUT2D eigenvalue weighted by Crippen LogP contribution is 2.28. The predicted octanol–water partition coefficient (Wildman–Crippen LogP) is 3.28. The summed E-state index contributed by atoms with van der Waals surface area (Å²) in [6.07, 6.45) is 3.52. The molecule has 0 unspecified atom stereocenters. The molecule has 2 aliphatic rings. The van der Waals surface area contributed by atoms with Gasteiger partial charge in [0, 0.05) is 32.2 Å². The van der Waals surface area contributed by atoms with Gasteiger partial charge >= 0.3 is 0 Å². The molecule has 1 amide bonds. The van der Waals surface area contributed by atoms with Gasteiger partial charge < -0.3 is 9.64 Å². The molecule has 24 heavy (non-hydrogen) atoms. The lowest BCUT2D eigenvalue weighted by atomic mass is 9.89. The monoisotopic (exact) mass is 330 g/mol. The van der Waals surface area contributed by atoms with E-state index in [1.54, 1.807) is 7.11 Å². The number of nitrogens with zero attached hydrogens (tertiary/aromatic N) is 2. The Hall–Kier alpha value is -1.55. The zero-order valence-electron chi connectivity index (χ0n) is 15.2. The van der Waals surface area contributed by atoms with E-state index < -0.39 is 0 Å². The predicted molar refractivity (Wildman–Crippen MR) is 96.4 cm³/mol. The Kier molecular flexibility index (Phi) is 5.44. The van der Waals surface area contributed by atoms with E-state index in [1.807, 2.05) is 29.2 Å². The molecule has 0 saturated carbocycles. The summed E-state index contributed by atoms with van der Waals surface area (Å²) in [5.74, 6) is 2.36. The van der Waals surface area contributed by atoms with E-state index in [4.69, 9.17) is 4.74 Å². The first-order valence-corrected chi connectivity index (χ1v) is 9.24. The molecule has 0 aliphatic carbocycles. The molecule has 2 heterocycles. The number of likely N-dealkylation sites (tertiary alicyclic amines) is 2. The van der Waals surface area contributed by atoms with Crippen LogP contribution >= 0.6 is 0 Å². The molecular formula is C20H30N2O2. The summed E-state index contributed by atoms with van der Waals surface area (Å²) < 4.78 is 5.34. The number of carbonyl (C=O) groups excluding carboxylic acids is 1. The van der Waals surface area contributed by atoms with Crippen LogP contribution in [-0.4, -0.2) is 55.0 Å². The number of rotatable bonds is 3. The maximum absolute atomic E-state index is 12.8. The molecule has 0 spiro atoms. The molecule has 2 saturated heterocycles. The van der Waals surface area contributed by atoms with Crippen molar-refractivity contribution in [1.29, 1.82) is 0 Å². The van der Waals surface area contributed by atoms with E-state index in [1.165, 1.54) is 19.5 Å². The van der Waals surface area contributed by atoms with Crippen LogP contribution in [0.15, 0.2) is 24.3 Å². The fourth-order valence-electron chi connectivity index (χ4n) is 4.44. The van der Waals surface area contributed by atoms with Gasteiger partial charge in [0.15, 0.2) is 0 Å². The van der Waals surface area contributed by atoms with Crippen LogP contribution in [0.2, 0.25) is 0 Å². The number of hydrogen-bond acceptors (Lipinski definition) is 3. The van der Waals surface area contributed by atoms with Crippen molar-refractivity contribution in [3.63, 3.8) is 0 Å². The second-order valence-electron chi connectivity index (χ2n) is 7.62. The molecule has 1 aromatic carbocycles. The van der Waals surface area contributed by atoms with Gasteiger partial charge in [0.2, 0.25) is 0 Å². The second kappa shape index (κ2) is 7.56. The van der Waals surface area contributed by atoms with Crippen molar-refractivity contribution in [3.8, 4) is 5.75 Å². The van der Waals surface area contributed by atoms with Crippen molar-refractivity contribution in [3.05, 3.63) is 29.8 Å². The summed E-state index contributed by atoms with van der Waals surface area (Å²) in [6.45, 7) is 8.86. The van der Waals surface area contributed by atoms with Crippen molar-refractivity contribution in [2.45, 2.75) is 39.2 Å². The van der Waals surface area contributed by atoms with Gasteiger partial charge in [-0.3, -0.25) is 9.69 Å². The van der Waals surface area contributed by atoms with Crippen LogP contribution in [-0.2, 0) is 0 Å². The van der Waals surface area contributed by atoms with Crippen LogP contribution in [0, 0.1) is 11.8 Å². The topological polar surface area (TPSA) is 32.8 Å². The minimum Gasteiger partial charge on any atom is -0.496 e. The summed E-state index contributed by atoms with van der Waals surface area (Å²) in [5.41, 5.74) is 0.679. The summed E-state index contributed by atoms with van der Waals surface area (Å²) in [4.78, 5) is 17.5. The molecule has 4 nitrogen and oxygen atoms in total. The molecule has 4 heteroatoms. The number of para-hydroxylation sites is 1. The summed E-state index contributed by atoms with van der Waals surface area (Å²) in [5, 5.41) is 0. The summed E-state index contributed by atoms with van der Waals surface area (Å²) >= 11 is 0. The molecule has 2 fully saturated rings. The molecule has 2 atom stereocenters. The quantitative estimate of drug-likeness (QED) is 0.853. The molecule has 1 aromatic rings. The van der Waals surface area contributed by atoms with E-state index in [9.17, 15) is 4.79 Å². The van der Waals surface area contributed by atoms with E-state index in [0.717, 1.165) is 37.8 Å². The van der Waals surface area contributed by atoms with Gasteiger partial charge in [0.25, 0.3) is 5.91 Å². The average Bonchev–Trinajstić information content (AvgIpc) is 2.60. The highest BCUT2D eigenvalue weighted by molar-refractivity contribution is 5.97. The highest BCUT2D eigenvalue weighted by Gasteiger charge is 2.31. The Balaban J connectivity index is 1.59. The molecular weight excluding hydrogens is 300 g/mol. The minimum absolute atomic E-state index is 0.103. The number of carbonyl (C=O) groups is 1. The SMILES string of the molecule is COc1ccccc1C(=O)N1CCC(N2C[C@H](C)C[C@@H](C)C2)CC1. The standard InChI is InChI=1S/C20H30N2O2/c1-15-12-16(2)14-22(13-15)17-8-10-21(11-9-17)20(23)18-6-4-5-7-19(18)24-3/h4-7,15-17H,8-14H2,1-3H3/t15-,16-/m1/s1. The fourth-order valence-corrected chi connectivity index (χ4v) is 4.44. The third-order valence-corrected chi connectivity index (χ3v) is 5.50. The van der Waals surface area contributed by atoms with Crippen LogP contribution in [0.4, 0.5) is 0 Å². The summed E-state index contributed by atoms with van der Waals surface area (Å²) in [7, 11) is 1.62. The molecule has 0 bridgehead atoms. The number of benzene rings is 1. The summed E-state index contributed by atoms with van der Waals surface area (Å²) in [6, 6.07) is 8.16. The van der Waals surface area contributed by atoms with Crippen molar-refractivity contribution < 1.29 is 9.53 Å². The Morgan fingerprint density at radius 3 is 2.33 bits per heavy atom. The third kappa shape index (κ3) is 3.75. The van der Waals surface area contributed by atoms with Crippen molar-refractivity contribution in [1.82, 2.24) is 9.80 Å². The number of methoxy groups -OCH3 is 1. The number of piperidine rings is 2. The van der Waals surface area contributed by atoms with Crippen molar-refractivity contribution in [2.24, 2.45) is 11.8 Å². The number of amides is 1. The number of ether oxygens (including phenoxy) is 1. The smallest absolute Gasteiger partial charge is 0.257 e. The maximum atomic E-state index is 12.8. The largest absolute Gasteiger partial charge is 0.496 e. The second-order valence-corrected chi connectivity index (χ2v) is 7.62. The van der Waals surface area contributed by atoms with E-state index in [0.29, 0.717) is 17.4 Å². The van der Waals surface area contributed by atoms with Gasteiger partial charge in [-0.15, -0.1) is 0 Å². The highest BCUT2D eigenvalue weighted by atomic mass is 16.5. The normalized spacial score (nSPS) is 26.4. The van der Waals surface area contributed by atoms with Crippen LogP contribution in [0.1, 0.15) is 43.5 Å². The van der Waals surface area contributed by atoms with Crippen LogP contribution in [0.3, 0.4) is 0 Å². The Labute approximate surface area is 145 Å². The first kappa shape index (κ1) is 17.3. The minimum atomic E-state index is 0.103. The van der Waals surface area contributed by atoms with Gasteiger partial charge in [0.05, 0.1) is 12.7 Å². The van der Waals surface area contributed by atoms with Crippen LogP contribution in [0.25, 0.3) is 0 Å². The van der Waals surface area contributed by atoms with Crippen molar-refractivity contribution >= 4 is 5.91 Å². The van der Waals surface area contributed by atoms with E-state index >= 15 is 0 Å². The zero-order chi connectivity index (χ0) is 17.1. The lowest BCUT2D eigenvalue weighted by Gasteiger charge is -2.43.